The third kappa shape index (κ3) is 0.990. The van der Waals surface area contributed by atoms with E-state index in [0.29, 0.717) is 5.41 Å². The van der Waals surface area contributed by atoms with E-state index in [2.05, 4.69) is 33.8 Å². The second kappa shape index (κ2) is 2.70. The lowest BCUT2D eigenvalue weighted by Crippen LogP contribution is -2.26. The highest BCUT2D eigenvalue weighted by molar-refractivity contribution is 5.28. The van der Waals surface area contributed by atoms with Gasteiger partial charge >= 0.3 is 0 Å². The lowest BCUT2D eigenvalue weighted by molar-refractivity contribution is 0.155. The largest absolute Gasteiger partial charge is 0.0859 e. The van der Waals surface area contributed by atoms with Crippen LogP contribution in [0.1, 0.15) is 53.4 Å². The SMILES string of the molecule is CC(C)=CCC[C@]1(C)C2CC3C(C2)C31C. The van der Waals surface area contributed by atoms with Gasteiger partial charge in [0.05, 0.1) is 0 Å². The fourth-order valence-electron chi connectivity index (χ4n) is 5.17. The number of hydrogen-bond acceptors (Lipinski definition) is 0. The highest BCUT2D eigenvalue weighted by Crippen LogP contribution is 2.86. The first-order chi connectivity index (χ1) is 7.00. The Hall–Kier alpha value is -0.260. The molecule has 0 aromatic heterocycles. The van der Waals surface area contributed by atoms with Crippen LogP contribution in [0.3, 0.4) is 0 Å². The molecule has 0 radical (unpaired) electrons. The molecule has 3 atom stereocenters. The Morgan fingerprint density at radius 3 is 2.20 bits per heavy atom. The Labute approximate surface area is 94.1 Å². The predicted octanol–water partition coefficient (Wildman–Crippen LogP) is 4.42. The minimum absolute atomic E-state index is 0.689. The smallest absolute Gasteiger partial charge is 0.0207 e. The molecule has 0 aromatic rings. The summed E-state index contributed by atoms with van der Waals surface area (Å²) in [5.41, 5.74) is 2.93. The lowest BCUT2D eigenvalue weighted by Gasteiger charge is -2.34. The van der Waals surface area contributed by atoms with Crippen LogP contribution >= 0.6 is 0 Å². The van der Waals surface area contributed by atoms with E-state index < -0.39 is 0 Å². The summed E-state index contributed by atoms with van der Waals surface area (Å²) < 4.78 is 0. The summed E-state index contributed by atoms with van der Waals surface area (Å²) in [6.45, 7) is 9.61. The van der Waals surface area contributed by atoms with Crippen molar-refractivity contribution < 1.29 is 0 Å². The Morgan fingerprint density at radius 1 is 1.20 bits per heavy atom. The molecule has 4 saturated carbocycles. The highest BCUT2D eigenvalue weighted by Gasteiger charge is 2.80. The van der Waals surface area contributed by atoms with Gasteiger partial charge in [0.1, 0.15) is 0 Å². The van der Waals surface area contributed by atoms with Crippen LogP contribution in [0.2, 0.25) is 0 Å². The molecule has 0 nitrogen and oxygen atoms in total. The van der Waals surface area contributed by atoms with E-state index in [4.69, 9.17) is 0 Å². The quantitative estimate of drug-likeness (QED) is 0.597. The van der Waals surface area contributed by atoms with Gasteiger partial charge in [0.25, 0.3) is 0 Å². The predicted molar refractivity (Wildman–Crippen MR) is 64.6 cm³/mol. The topological polar surface area (TPSA) is 0 Å². The van der Waals surface area contributed by atoms with Crippen LogP contribution in [-0.2, 0) is 0 Å². The molecule has 0 spiro atoms. The zero-order chi connectivity index (χ0) is 10.8. The van der Waals surface area contributed by atoms with E-state index in [9.17, 15) is 0 Å². The maximum Gasteiger partial charge on any atom is -0.0207 e. The van der Waals surface area contributed by atoms with Gasteiger partial charge in [0.15, 0.2) is 0 Å². The van der Waals surface area contributed by atoms with E-state index in [-0.39, 0.29) is 0 Å². The van der Waals surface area contributed by atoms with Gasteiger partial charge in [0, 0.05) is 0 Å². The van der Waals surface area contributed by atoms with E-state index in [1.54, 1.807) is 12.8 Å². The lowest BCUT2D eigenvalue weighted by atomic mass is 9.71. The average molecular weight is 204 g/mol. The van der Waals surface area contributed by atoms with Crippen molar-refractivity contribution in [1.82, 2.24) is 0 Å². The first-order valence-corrected chi connectivity index (χ1v) is 6.63. The van der Waals surface area contributed by atoms with Crippen molar-refractivity contribution in [2.45, 2.75) is 53.4 Å². The van der Waals surface area contributed by atoms with E-state index in [1.165, 1.54) is 18.4 Å². The molecule has 0 aromatic carbocycles. The molecular formula is C15H24. The molecule has 15 heavy (non-hydrogen) atoms. The van der Waals surface area contributed by atoms with Crippen molar-refractivity contribution in [1.29, 1.82) is 0 Å². The molecule has 2 unspecified atom stereocenters. The first-order valence-electron chi connectivity index (χ1n) is 6.63. The van der Waals surface area contributed by atoms with Crippen molar-refractivity contribution in [3.8, 4) is 0 Å². The third-order valence-corrected chi connectivity index (χ3v) is 6.34. The van der Waals surface area contributed by atoms with Gasteiger partial charge in [-0.1, -0.05) is 25.5 Å². The molecular weight excluding hydrogens is 180 g/mol. The maximum atomic E-state index is 2.59. The van der Waals surface area contributed by atoms with Crippen LogP contribution in [-0.4, -0.2) is 0 Å². The molecule has 0 aliphatic heterocycles. The van der Waals surface area contributed by atoms with Gasteiger partial charge in [-0.25, -0.2) is 0 Å². The zero-order valence-electron chi connectivity index (χ0n) is 10.6. The third-order valence-electron chi connectivity index (χ3n) is 6.34. The molecule has 84 valence electrons. The molecule has 0 heteroatoms. The summed E-state index contributed by atoms with van der Waals surface area (Å²) in [6.07, 6.45) is 8.30. The van der Waals surface area contributed by atoms with Crippen molar-refractivity contribution >= 4 is 0 Å². The van der Waals surface area contributed by atoms with Gasteiger partial charge in [-0.15, -0.1) is 0 Å². The fourth-order valence-corrected chi connectivity index (χ4v) is 5.17. The van der Waals surface area contributed by atoms with E-state index in [0.717, 1.165) is 23.2 Å². The summed E-state index contributed by atoms with van der Waals surface area (Å²) in [4.78, 5) is 0. The Kier molecular flexibility index (Phi) is 1.79. The van der Waals surface area contributed by atoms with Gasteiger partial charge in [-0.2, -0.15) is 0 Å². The summed E-state index contributed by atoms with van der Waals surface area (Å²) in [6, 6.07) is 0. The van der Waals surface area contributed by atoms with Crippen LogP contribution in [0.5, 0.6) is 0 Å². The molecule has 0 heterocycles. The fraction of sp³-hybridized carbons (Fsp3) is 0.867. The zero-order valence-corrected chi connectivity index (χ0v) is 10.6. The average Bonchev–Trinajstić information content (AvgIpc) is 2.53. The summed E-state index contributed by atoms with van der Waals surface area (Å²) in [5.74, 6) is 3.32. The second-order valence-electron chi connectivity index (χ2n) is 6.90. The standard InChI is InChI=1S/C15H24/c1-10(2)6-5-7-14(3)11-8-12-13(9-11)15(12,14)4/h6,11-13H,5,7-9H2,1-4H3/t11?,12?,13?,14-,15?/m1/s1. The molecule has 4 fully saturated rings. The number of hydrogen-bond donors (Lipinski definition) is 0. The second-order valence-corrected chi connectivity index (χ2v) is 6.90. The minimum atomic E-state index is 0.689. The van der Waals surface area contributed by atoms with Gasteiger partial charge in [-0.3, -0.25) is 0 Å². The van der Waals surface area contributed by atoms with Crippen LogP contribution in [0.4, 0.5) is 0 Å². The van der Waals surface area contributed by atoms with Crippen LogP contribution in [0.15, 0.2) is 11.6 Å². The highest BCUT2D eigenvalue weighted by atomic mass is 14.8. The summed E-state index contributed by atoms with van der Waals surface area (Å²) >= 11 is 0. The van der Waals surface area contributed by atoms with E-state index >= 15 is 0 Å². The molecule has 4 bridgehead atoms. The van der Waals surface area contributed by atoms with Crippen LogP contribution in [0, 0.1) is 28.6 Å². The summed E-state index contributed by atoms with van der Waals surface area (Å²) in [5, 5.41) is 0. The number of allylic oxidation sites excluding steroid dienone is 2. The van der Waals surface area contributed by atoms with Crippen molar-refractivity contribution in [3.05, 3.63) is 11.6 Å². The normalized spacial score (nSPS) is 54.5. The minimum Gasteiger partial charge on any atom is -0.0859 e. The Morgan fingerprint density at radius 2 is 1.80 bits per heavy atom. The Balaban J connectivity index is 1.73. The molecule has 0 amide bonds. The molecule has 4 aliphatic rings. The van der Waals surface area contributed by atoms with E-state index in [1.807, 2.05) is 0 Å². The van der Waals surface area contributed by atoms with Crippen molar-refractivity contribution in [2.24, 2.45) is 28.6 Å². The maximum absolute atomic E-state index is 2.59. The van der Waals surface area contributed by atoms with Gasteiger partial charge in [0.2, 0.25) is 0 Å². The monoisotopic (exact) mass is 204 g/mol. The van der Waals surface area contributed by atoms with Crippen molar-refractivity contribution in [3.63, 3.8) is 0 Å². The van der Waals surface area contributed by atoms with Crippen LogP contribution < -0.4 is 0 Å². The molecule has 4 rings (SSSR count). The first kappa shape index (κ1) is 9.93. The van der Waals surface area contributed by atoms with Crippen LogP contribution in [0.25, 0.3) is 0 Å². The molecule has 0 N–H and O–H groups in total. The molecule has 0 saturated heterocycles. The Bertz CT molecular complexity index is 309. The molecule has 4 aliphatic carbocycles. The number of rotatable bonds is 3. The van der Waals surface area contributed by atoms with Gasteiger partial charge in [-0.05, 0) is 68.1 Å². The van der Waals surface area contributed by atoms with Crippen molar-refractivity contribution in [2.75, 3.05) is 0 Å². The summed E-state index contributed by atoms with van der Waals surface area (Å²) in [7, 11) is 0. The van der Waals surface area contributed by atoms with Gasteiger partial charge < -0.3 is 0 Å².